The molecule has 1 aliphatic rings. The fourth-order valence-corrected chi connectivity index (χ4v) is 3.79. The van der Waals surface area contributed by atoms with Crippen LogP contribution in [0.4, 0.5) is 9.93 Å². The van der Waals surface area contributed by atoms with Gasteiger partial charge in [0.1, 0.15) is 0 Å². The molecule has 1 fully saturated rings. The molecule has 6 heteroatoms. The number of amides is 2. The number of nitrogens with zero attached hydrogens (tertiary/aromatic N) is 2. The molecule has 1 heterocycles. The fraction of sp³-hybridized carbons (Fsp3) is 0.444. The Bertz CT molecular complexity index is 678. The van der Waals surface area contributed by atoms with E-state index in [9.17, 15) is 4.79 Å². The van der Waals surface area contributed by atoms with Crippen molar-refractivity contribution in [3.8, 4) is 11.3 Å². The van der Waals surface area contributed by atoms with E-state index in [1.807, 2.05) is 5.38 Å². The normalized spacial score (nSPS) is 15.2. The standard InChI is InChI=1S/C18H23N3O2S/c1-21(23-2)18(22)20-17-19-16(12-24-17)15-10-8-14(9-11-15)13-6-4-3-5-7-13/h8-13H,3-7H2,1-2H3,(H,19,20,22). The predicted octanol–water partition coefficient (Wildman–Crippen LogP) is 4.88. The second-order valence-corrected chi connectivity index (χ2v) is 6.96. The van der Waals surface area contributed by atoms with E-state index < -0.39 is 0 Å². The lowest BCUT2D eigenvalue weighted by molar-refractivity contribution is -0.0598. The molecule has 3 rings (SSSR count). The highest BCUT2D eigenvalue weighted by atomic mass is 32.1. The highest BCUT2D eigenvalue weighted by molar-refractivity contribution is 7.14. The third-order valence-corrected chi connectivity index (χ3v) is 5.32. The fourth-order valence-electron chi connectivity index (χ4n) is 3.08. The molecule has 0 bridgehead atoms. The lowest BCUT2D eigenvalue weighted by atomic mass is 9.84. The van der Waals surface area contributed by atoms with Gasteiger partial charge in [-0.05, 0) is 24.3 Å². The topological polar surface area (TPSA) is 54.5 Å². The van der Waals surface area contributed by atoms with Crippen molar-refractivity contribution in [1.29, 1.82) is 0 Å². The summed E-state index contributed by atoms with van der Waals surface area (Å²) in [5, 5.41) is 6.36. The zero-order valence-corrected chi connectivity index (χ0v) is 14.9. The molecule has 0 unspecified atom stereocenters. The third kappa shape index (κ3) is 3.94. The lowest BCUT2D eigenvalue weighted by Crippen LogP contribution is -2.30. The van der Waals surface area contributed by atoms with Crippen molar-refractivity contribution in [1.82, 2.24) is 10.0 Å². The van der Waals surface area contributed by atoms with Gasteiger partial charge in [-0.1, -0.05) is 43.5 Å². The van der Waals surface area contributed by atoms with Gasteiger partial charge in [-0.25, -0.2) is 14.8 Å². The third-order valence-electron chi connectivity index (χ3n) is 4.56. The minimum absolute atomic E-state index is 0.342. The smallest absolute Gasteiger partial charge is 0.282 e. The zero-order chi connectivity index (χ0) is 16.9. The Kier molecular flexibility index (Phi) is 5.48. The molecule has 1 aromatic carbocycles. The molecule has 0 spiro atoms. The van der Waals surface area contributed by atoms with E-state index in [-0.39, 0.29) is 6.03 Å². The maximum absolute atomic E-state index is 11.8. The van der Waals surface area contributed by atoms with Crippen LogP contribution in [0.3, 0.4) is 0 Å². The molecule has 2 amide bonds. The van der Waals surface area contributed by atoms with Gasteiger partial charge in [0.15, 0.2) is 5.13 Å². The number of carbonyl (C=O) groups excluding carboxylic acids is 1. The molecule has 1 N–H and O–H groups in total. The number of nitrogens with one attached hydrogen (secondary N) is 1. The van der Waals surface area contributed by atoms with Gasteiger partial charge in [-0.15, -0.1) is 11.3 Å². The summed E-state index contributed by atoms with van der Waals surface area (Å²) in [4.78, 5) is 21.1. The lowest BCUT2D eigenvalue weighted by Gasteiger charge is -2.22. The number of thiazole rings is 1. The number of urea groups is 1. The molecule has 1 aromatic heterocycles. The SMILES string of the molecule is CON(C)C(=O)Nc1nc(-c2ccc(C3CCCCC3)cc2)cs1. The first-order chi connectivity index (χ1) is 11.7. The Morgan fingerprint density at radius 2 is 1.96 bits per heavy atom. The minimum Gasteiger partial charge on any atom is -0.282 e. The van der Waals surface area contributed by atoms with E-state index in [1.165, 1.54) is 56.1 Å². The molecule has 2 aromatic rings. The molecule has 0 radical (unpaired) electrons. The summed E-state index contributed by atoms with van der Waals surface area (Å²) in [5.41, 5.74) is 3.39. The molecule has 24 heavy (non-hydrogen) atoms. The zero-order valence-electron chi connectivity index (χ0n) is 14.1. The van der Waals surface area contributed by atoms with Crippen LogP contribution in [-0.4, -0.2) is 30.2 Å². The van der Waals surface area contributed by atoms with E-state index in [2.05, 4.69) is 34.6 Å². The van der Waals surface area contributed by atoms with Gasteiger partial charge in [-0.3, -0.25) is 10.2 Å². The van der Waals surface area contributed by atoms with Crippen LogP contribution in [0.15, 0.2) is 29.6 Å². The van der Waals surface area contributed by atoms with Gasteiger partial charge in [0.2, 0.25) is 0 Å². The molecule has 0 atom stereocenters. The van der Waals surface area contributed by atoms with Crippen LogP contribution in [0.1, 0.15) is 43.6 Å². The maximum Gasteiger partial charge on any atom is 0.347 e. The summed E-state index contributed by atoms with van der Waals surface area (Å²) >= 11 is 1.41. The highest BCUT2D eigenvalue weighted by Gasteiger charge is 2.16. The van der Waals surface area contributed by atoms with Crippen molar-refractivity contribution in [2.45, 2.75) is 38.0 Å². The molecule has 1 aliphatic carbocycles. The monoisotopic (exact) mass is 345 g/mol. The van der Waals surface area contributed by atoms with Gasteiger partial charge in [-0.2, -0.15) is 0 Å². The van der Waals surface area contributed by atoms with E-state index in [4.69, 9.17) is 4.84 Å². The van der Waals surface area contributed by atoms with Crippen molar-refractivity contribution in [3.63, 3.8) is 0 Å². The summed E-state index contributed by atoms with van der Waals surface area (Å²) < 4.78 is 0. The Balaban J connectivity index is 1.67. The van der Waals surface area contributed by atoms with Gasteiger partial charge in [0, 0.05) is 18.0 Å². The molecular formula is C18H23N3O2S. The van der Waals surface area contributed by atoms with Crippen LogP contribution in [0.25, 0.3) is 11.3 Å². The van der Waals surface area contributed by atoms with Crippen LogP contribution in [0.5, 0.6) is 0 Å². The molecule has 0 aliphatic heterocycles. The molecular weight excluding hydrogens is 322 g/mol. The highest BCUT2D eigenvalue weighted by Crippen LogP contribution is 2.34. The Morgan fingerprint density at radius 3 is 2.62 bits per heavy atom. The summed E-state index contributed by atoms with van der Waals surface area (Å²) in [6.45, 7) is 0. The van der Waals surface area contributed by atoms with E-state index in [0.717, 1.165) is 16.3 Å². The van der Waals surface area contributed by atoms with E-state index in [0.29, 0.717) is 11.0 Å². The summed E-state index contributed by atoms with van der Waals surface area (Å²) in [6.07, 6.45) is 6.67. The van der Waals surface area contributed by atoms with Crippen LogP contribution in [-0.2, 0) is 4.84 Å². The van der Waals surface area contributed by atoms with Gasteiger partial charge >= 0.3 is 6.03 Å². The van der Waals surface area contributed by atoms with Crippen molar-refractivity contribution >= 4 is 22.5 Å². The van der Waals surface area contributed by atoms with Gasteiger partial charge in [0.25, 0.3) is 0 Å². The van der Waals surface area contributed by atoms with Crippen molar-refractivity contribution in [3.05, 3.63) is 35.2 Å². The van der Waals surface area contributed by atoms with Crippen molar-refractivity contribution in [2.75, 3.05) is 19.5 Å². The molecule has 128 valence electrons. The average molecular weight is 345 g/mol. The van der Waals surface area contributed by atoms with Crippen molar-refractivity contribution in [2.24, 2.45) is 0 Å². The number of anilines is 1. The first kappa shape index (κ1) is 16.9. The molecule has 0 saturated heterocycles. The first-order valence-corrected chi connectivity index (χ1v) is 9.20. The van der Waals surface area contributed by atoms with Crippen molar-refractivity contribution < 1.29 is 9.63 Å². The molecule has 5 nitrogen and oxygen atoms in total. The molecule has 1 saturated carbocycles. The number of hydroxylamine groups is 2. The number of carbonyl (C=O) groups is 1. The van der Waals surface area contributed by atoms with Gasteiger partial charge in [0.05, 0.1) is 12.8 Å². The van der Waals surface area contributed by atoms with Gasteiger partial charge < -0.3 is 0 Å². The number of hydrogen-bond acceptors (Lipinski definition) is 4. The quantitative estimate of drug-likeness (QED) is 0.803. The van der Waals surface area contributed by atoms with Crippen LogP contribution >= 0.6 is 11.3 Å². The number of rotatable bonds is 4. The van der Waals surface area contributed by atoms with Crippen LogP contribution in [0.2, 0.25) is 0 Å². The Morgan fingerprint density at radius 1 is 1.25 bits per heavy atom. The predicted molar refractivity (Wildman–Crippen MR) is 97.2 cm³/mol. The summed E-state index contributed by atoms with van der Waals surface area (Å²) in [7, 11) is 2.99. The largest absolute Gasteiger partial charge is 0.347 e. The Hall–Kier alpha value is -1.92. The number of benzene rings is 1. The maximum atomic E-state index is 11.8. The summed E-state index contributed by atoms with van der Waals surface area (Å²) in [5.74, 6) is 0.711. The van der Waals surface area contributed by atoms with E-state index >= 15 is 0 Å². The summed E-state index contributed by atoms with van der Waals surface area (Å²) in [6, 6.07) is 8.37. The number of aromatic nitrogens is 1. The number of hydrogen-bond donors (Lipinski definition) is 1. The minimum atomic E-state index is -0.342. The Labute approximate surface area is 146 Å². The second kappa shape index (κ2) is 7.77. The average Bonchev–Trinajstić information content (AvgIpc) is 3.10. The first-order valence-electron chi connectivity index (χ1n) is 8.32. The van der Waals surface area contributed by atoms with Crippen LogP contribution < -0.4 is 5.32 Å². The van der Waals surface area contributed by atoms with E-state index in [1.54, 1.807) is 7.05 Å². The van der Waals surface area contributed by atoms with Crippen LogP contribution in [0, 0.1) is 0 Å². The second-order valence-electron chi connectivity index (χ2n) is 6.11.